The number of aromatic nitrogens is 2. The maximum absolute atomic E-state index is 14.3. The number of imidazole rings is 1. The first-order chi connectivity index (χ1) is 14.9. The lowest BCUT2D eigenvalue weighted by Crippen LogP contribution is -2.50. The summed E-state index contributed by atoms with van der Waals surface area (Å²) in [5.41, 5.74) is 3.62. The molecule has 0 spiro atoms. The third-order valence-corrected chi connectivity index (χ3v) is 7.36. The molecule has 0 amide bonds. The third kappa shape index (κ3) is 4.14. The Morgan fingerprint density at radius 3 is 2.41 bits per heavy atom. The molecule has 1 aliphatic rings. The molecule has 2 atom stereocenters. The smallest absolute Gasteiger partial charge is 0.136 e. The highest BCUT2D eigenvalue weighted by Crippen LogP contribution is 2.42. The third-order valence-electron chi connectivity index (χ3n) is 6.94. The van der Waals surface area contributed by atoms with E-state index in [4.69, 9.17) is 4.98 Å². The fraction of sp³-hybridized carbons (Fsp3) is 0.577. The van der Waals surface area contributed by atoms with Crippen molar-refractivity contribution in [3.63, 3.8) is 0 Å². The van der Waals surface area contributed by atoms with Crippen molar-refractivity contribution in [1.29, 1.82) is 0 Å². The van der Waals surface area contributed by atoms with Crippen molar-refractivity contribution in [3.8, 4) is 11.3 Å². The van der Waals surface area contributed by atoms with Crippen LogP contribution in [-0.4, -0.2) is 21.0 Å². The largest absolute Gasteiger partial charge is 0.361 e. The number of benzene rings is 1. The van der Waals surface area contributed by atoms with E-state index in [1.807, 2.05) is 0 Å². The number of allylic oxidation sites excluding steroid dienone is 1. The molecule has 3 rings (SSSR count). The summed E-state index contributed by atoms with van der Waals surface area (Å²) in [7, 11) is 2.39. The van der Waals surface area contributed by atoms with Crippen LogP contribution < -0.4 is 5.30 Å². The van der Waals surface area contributed by atoms with Gasteiger partial charge in [0, 0.05) is 46.8 Å². The lowest BCUT2D eigenvalue weighted by molar-refractivity contribution is 0.0953. The molecule has 32 heavy (non-hydrogen) atoms. The first kappa shape index (κ1) is 24.9. The van der Waals surface area contributed by atoms with Gasteiger partial charge in [-0.05, 0) is 44.2 Å². The highest BCUT2D eigenvalue weighted by molar-refractivity contribution is 7.27. The standard InChI is InChI=1S/C26H38F2N3P/c1-9-20(15(2)3)17(6)31-11-10-30-24(16(4)5)23(29-25(30)26(31,7)8)18-12-19(14-27)22(28)21(32)13-18/h12-13,15-16,20H,6,9-11,14,32H2,1-5,7-8H3. The van der Waals surface area contributed by atoms with Crippen molar-refractivity contribution in [3.05, 3.63) is 47.3 Å². The molecule has 1 aliphatic heterocycles. The number of rotatable bonds is 7. The molecule has 3 nitrogen and oxygen atoms in total. The second-order valence-electron chi connectivity index (χ2n) is 10.1. The van der Waals surface area contributed by atoms with Crippen LogP contribution in [0.15, 0.2) is 24.4 Å². The topological polar surface area (TPSA) is 21.1 Å². The van der Waals surface area contributed by atoms with Crippen molar-refractivity contribution in [2.24, 2.45) is 11.8 Å². The lowest BCUT2D eigenvalue weighted by Gasteiger charge is -2.47. The Morgan fingerprint density at radius 1 is 1.22 bits per heavy atom. The van der Waals surface area contributed by atoms with E-state index in [1.165, 1.54) is 5.70 Å². The van der Waals surface area contributed by atoms with Crippen molar-refractivity contribution < 1.29 is 8.78 Å². The van der Waals surface area contributed by atoms with Gasteiger partial charge in [0.15, 0.2) is 0 Å². The van der Waals surface area contributed by atoms with Crippen molar-refractivity contribution in [2.45, 2.75) is 79.6 Å². The number of fused-ring (bicyclic) bond motifs is 1. The molecule has 2 unspecified atom stereocenters. The number of halogens is 2. The zero-order valence-electron chi connectivity index (χ0n) is 20.6. The monoisotopic (exact) mass is 461 g/mol. The molecule has 176 valence electrons. The van der Waals surface area contributed by atoms with E-state index in [0.29, 0.717) is 17.1 Å². The molecule has 1 aromatic heterocycles. The molecule has 0 saturated carbocycles. The molecule has 0 N–H and O–H groups in total. The summed E-state index contributed by atoms with van der Waals surface area (Å²) in [6, 6.07) is 3.37. The van der Waals surface area contributed by atoms with Crippen LogP contribution in [0, 0.1) is 17.7 Å². The minimum Gasteiger partial charge on any atom is -0.361 e. The summed E-state index contributed by atoms with van der Waals surface area (Å²) >= 11 is 0. The first-order valence-corrected chi connectivity index (χ1v) is 12.2. The zero-order valence-corrected chi connectivity index (χ0v) is 21.8. The van der Waals surface area contributed by atoms with Crippen LogP contribution in [0.2, 0.25) is 0 Å². The fourth-order valence-electron chi connectivity index (χ4n) is 5.29. The molecule has 1 aromatic carbocycles. The Labute approximate surface area is 194 Å². The van der Waals surface area contributed by atoms with Gasteiger partial charge >= 0.3 is 0 Å². The van der Waals surface area contributed by atoms with Crippen LogP contribution in [0.4, 0.5) is 8.78 Å². The van der Waals surface area contributed by atoms with Crippen molar-refractivity contribution >= 4 is 14.5 Å². The number of alkyl halides is 1. The van der Waals surface area contributed by atoms with E-state index < -0.39 is 12.5 Å². The quantitative estimate of drug-likeness (QED) is 0.437. The Kier molecular flexibility index (Phi) is 7.20. The normalized spacial score (nSPS) is 16.6. The maximum atomic E-state index is 14.3. The van der Waals surface area contributed by atoms with Gasteiger partial charge < -0.3 is 9.47 Å². The average Bonchev–Trinajstić information content (AvgIpc) is 3.11. The van der Waals surface area contributed by atoms with Gasteiger partial charge in [0.05, 0.1) is 11.2 Å². The Hall–Kier alpha value is -1.74. The predicted molar refractivity (Wildman–Crippen MR) is 133 cm³/mol. The molecule has 0 fully saturated rings. The first-order valence-electron chi connectivity index (χ1n) is 11.7. The summed E-state index contributed by atoms with van der Waals surface area (Å²) in [5, 5.41) is 0.368. The van der Waals surface area contributed by atoms with Crippen LogP contribution in [-0.2, 0) is 18.8 Å². The molecule has 2 aromatic rings. The van der Waals surface area contributed by atoms with Gasteiger partial charge in [0.1, 0.15) is 18.3 Å². The highest BCUT2D eigenvalue weighted by Gasteiger charge is 2.41. The van der Waals surface area contributed by atoms with Gasteiger partial charge in [0.2, 0.25) is 0 Å². The molecular weight excluding hydrogens is 423 g/mol. The number of hydrogen-bond acceptors (Lipinski definition) is 2. The van der Waals surface area contributed by atoms with Crippen molar-refractivity contribution in [1.82, 2.24) is 14.5 Å². The van der Waals surface area contributed by atoms with Gasteiger partial charge in [-0.3, -0.25) is 0 Å². The second kappa shape index (κ2) is 9.25. The van der Waals surface area contributed by atoms with E-state index in [2.05, 4.69) is 73.8 Å². The number of hydrogen-bond donors (Lipinski definition) is 0. The zero-order chi connectivity index (χ0) is 24.0. The average molecular weight is 462 g/mol. The fourth-order valence-corrected chi connectivity index (χ4v) is 5.66. The molecule has 0 saturated heterocycles. The molecule has 6 heteroatoms. The lowest BCUT2D eigenvalue weighted by atomic mass is 9.87. The van der Waals surface area contributed by atoms with Crippen LogP contribution >= 0.6 is 9.24 Å². The Balaban J connectivity index is 2.16. The van der Waals surface area contributed by atoms with Gasteiger partial charge in [-0.15, -0.1) is 9.24 Å². The van der Waals surface area contributed by atoms with Gasteiger partial charge in [-0.25, -0.2) is 13.8 Å². The van der Waals surface area contributed by atoms with Crippen LogP contribution in [0.25, 0.3) is 11.3 Å². The summed E-state index contributed by atoms with van der Waals surface area (Å²) in [6.45, 7) is 20.8. The minimum absolute atomic E-state index is 0.0742. The van der Waals surface area contributed by atoms with E-state index in [9.17, 15) is 8.78 Å². The molecule has 0 aliphatic carbocycles. The predicted octanol–water partition coefficient (Wildman–Crippen LogP) is 6.53. The summed E-state index contributed by atoms with van der Waals surface area (Å²) in [4.78, 5) is 7.54. The summed E-state index contributed by atoms with van der Waals surface area (Å²) in [6.07, 6.45) is 1.05. The van der Waals surface area contributed by atoms with Crippen LogP contribution in [0.1, 0.15) is 77.9 Å². The molecule has 0 radical (unpaired) electrons. The van der Waals surface area contributed by atoms with Crippen LogP contribution in [0.3, 0.4) is 0 Å². The number of nitrogens with zero attached hydrogens (tertiary/aromatic N) is 3. The Morgan fingerprint density at radius 2 is 1.88 bits per heavy atom. The van der Waals surface area contributed by atoms with E-state index in [0.717, 1.165) is 42.3 Å². The minimum atomic E-state index is -0.835. The molecular formula is C26H38F2N3P. The van der Waals surface area contributed by atoms with Crippen LogP contribution in [0.5, 0.6) is 0 Å². The second-order valence-corrected chi connectivity index (χ2v) is 10.7. The maximum Gasteiger partial charge on any atom is 0.136 e. The highest BCUT2D eigenvalue weighted by atomic mass is 31.0. The van der Waals surface area contributed by atoms with E-state index in [-0.39, 0.29) is 17.0 Å². The van der Waals surface area contributed by atoms with E-state index >= 15 is 0 Å². The SMILES string of the molecule is C=C(C(CC)C(C)C)N1CCn2c(nc(-c3cc(P)c(F)c(CF)c3)c2C(C)C)C1(C)C. The van der Waals surface area contributed by atoms with Gasteiger partial charge in [0.25, 0.3) is 0 Å². The van der Waals surface area contributed by atoms with Crippen molar-refractivity contribution in [2.75, 3.05) is 6.54 Å². The molecule has 0 bridgehead atoms. The Bertz CT molecular complexity index is 1010. The van der Waals surface area contributed by atoms with Gasteiger partial charge in [-0.2, -0.15) is 0 Å². The summed E-state index contributed by atoms with van der Waals surface area (Å²) < 4.78 is 30.1. The molecule has 2 heterocycles. The summed E-state index contributed by atoms with van der Waals surface area (Å²) in [5.74, 6) is 1.65. The van der Waals surface area contributed by atoms with Gasteiger partial charge in [-0.1, -0.05) is 41.2 Å². The van der Waals surface area contributed by atoms with E-state index in [1.54, 1.807) is 12.1 Å².